The maximum absolute atomic E-state index is 14.5. The molecular weight excluding hydrogens is 361 g/mol. The van der Waals surface area contributed by atoms with E-state index in [4.69, 9.17) is 4.74 Å². The van der Waals surface area contributed by atoms with Gasteiger partial charge in [-0.05, 0) is 23.8 Å². The van der Waals surface area contributed by atoms with Crippen LogP contribution >= 0.6 is 0 Å². The van der Waals surface area contributed by atoms with Gasteiger partial charge in [0.2, 0.25) is 5.91 Å². The van der Waals surface area contributed by atoms with Crippen molar-refractivity contribution in [3.63, 3.8) is 0 Å². The molecule has 3 rings (SSSR count). The van der Waals surface area contributed by atoms with E-state index in [9.17, 15) is 14.0 Å². The van der Waals surface area contributed by atoms with Gasteiger partial charge in [0.25, 0.3) is 0 Å². The lowest BCUT2D eigenvalue weighted by atomic mass is 10.0. The number of nitrogens with zero attached hydrogens (tertiary/aromatic N) is 2. The average Bonchev–Trinajstić information content (AvgIpc) is 2.69. The zero-order valence-electron chi connectivity index (χ0n) is 16.0. The minimum absolute atomic E-state index is 0.240. The van der Waals surface area contributed by atoms with Crippen LogP contribution in [0.1, 0.15) is 18.5 Å². The molecule has 0 bridgehead atoms. The number of anilines is 2. The second kappa shape index (κ2) is 8.84. The largest absolute Gasteiger partial charge is 0.468 e. The van der Waals surface area contributed by atoms with Crippen LogP contribution in [0.3, 0.4) is 0 Å². The highest BCUT2D eigenvalue weighted by molar-refractivity contribution is 5.88. The Bertz CT molecular complexity index is 836. The molecule has 1 aliphatic rings. The van der Waals surface area contributed by atoms with E-state index >= 15 is 0 Å². The minimum atomic E-state index is -0.472. The van der Waals surface area contributed by atoms with Crippen molar-refractivity contribution >= 4 is 23.3 Å². The number of rotatable bonds is 5. The maximum atomic E-state index is 14.5. The van der Waals surface area contributed by atoms with Crippen molar-refractivity contribution in [3.05, 3.63) is 59.9 Å². The van der Waals surface area contributed by atoms with Gasteiger partial charge in [-0.3, -0.25) is 9.69 Å². The first-order valence-corrected chi connectivity index (χ1v) is 9.18. The molecule has 0 spiro atoms. The molecule has 1 unspecified atom stereocenters. The van der Waals surface area contributed by atoms with Crippen LogP contribution in [0, 0.1) is 5.82 Å². The molecule has 0 radical (unpaired) electrons. The Morgan fingerprint density at radius 1 is 1.07 bits per heavy atom. The fourth-order valence-corrected chi connectivity index (χ4v) is 3.51. The normalized spacial score (nSPS) is 15.8. The smallest absolute Gasteiger partial charge is 0.327 e. The number of methoxy groups -OCH3 is 1. The Labute approximate surface area is 163 Å². The first-order chi connectivity index (χ1) is 13.5. The third kappa shape index (κ3) is 4.48. The first kappa shape index (κ1) is 19.8. The monoisotopic (exact) mass is 385 g/mol. The molecule has 28 heavy (non-hydrogen) atoms. The highest BCUT2D eigenvalue weighted by atomic mass is 19.1. The third-order valence-electron chi connectivity index (χ3n) is 4.83. The second-order valence-corrected chi connectivity index (χ2v) is 6.71. The predicted molar refractivity (Wildman–Crippen MR) is 106 cm³/mol. The lowest BCUT2D eigenvalue weighted by molar-refractivity contribution is -0.147. The standard InChI is InChI=1S/C21H24FN3O3/c1-15(26)23-17-8-9-19(18(22)14-17)24-10-12-25(13-11-24)20(21(27)28-2)16-6-4-3-5-7-16/h3-9,14,20H,10-13H2,1-2H3,(H,23,26). The molecule has 1 amide bonds. The number of esters is 1. The van der Waals surface area contributed by atoms with Gasteiger partial charge in [0.1, 0.15) is 11.9 Å². The summed E-state index contributed by atoms with van der Waals surface area (Å²) in [5.41, 5.74) is 1.80. The van der Waals surface area contributed by atoms with Gasteiger partial charge in [-0.2, -0.15) is 0 Å². The highest BCUT2D eigenvalue weighted by Crippen LogP contribution is 2.27. The fourth-order valence-electron chi connectivity index (χ4n) is 3.51. The Hall–Kier alpha value is -2.93. The molecule has 1 fully saturated rings. The summed E-state index contributed by atoms with van der Waals surface area (Å²) in [5, 5.41) is 2.58. The lowest BCUT2D eigenvalue weighted by Crippen LogP contribution is -2.49. The number of carbonyl (C=O) groups excluding carboxylic acids is 2. The zero-order valence-corrected chi connectivity index (χ0v) is 16.0. The van der Waals surface area contributed by atoms with Gasteiger partial charge in [-0.1, -0.05) is 30.3 Å². The summed E-state index contributed by atoms with van der Waals surface area (Å²) in [6.45, 7) is 3.74. The molecule has 6 nitrogen and oxygen atoms in total. The van der Waals surface area contributed by atoms with E-state index in [0.717, 1.165) is 5.56 Å². The topological polar surface area (TPSA) is 61.9 Å². The number of piperazine rings is 1. The van der Waals surface area contributed by atoms with E-state index in [-0.39, 0.29) is 17.7 Å². The fraction of sp³-hybridized carbons (Fsp3) is 0.333. The molecule has 7 heteroatoms. The van der Waals surface area contributed by atoms with Gasteiger partial charge in [-0.25, -0.2) is 9.18 Å². The van der Waals surface area contributed by atoms with Crippen LogP contribution in [0.25, 0.3) is 0 Å². The van der Waals surface area contributed by atoms with Crippen molar-refractivity contribution in [3.8, 4) is 0 Å². The van der Waals surface area contributed by atoms with E-state index in [2.05, 4.69) is 10.2 Å². The molecule has 0 aromatic heterocycles. The summed E-state index contributed by atoms with van der Waals surface area (Å²) < 4.78 is 19.5. The minimum Gasteiger partial charge on any atom is -0.468 e. The average molecular weight is 385 g/mol. The Morgan fingerprint density at radius 2 is 1.75 bits per heavy atom. The second-order valence-electron chi connectivity index (χ2n) is 6.71. The molecule has 148 valence electrons. The van der Waals surface area contributed by atoms with Crippen molar-refractivity contribution in [2.75, 3.05) is 43.5 Å². The summed E-state index contributed by atoms with van der Waals surface area (Å²) in [5.74, 6) is -0.923. The van der Waals surface area contributed by atoms with Gasteiger partial charge in [0.05, 0.1) is 12.8 Å². The number of hydrogen-bond acceptors (Lipinski definition) is 5. The van der Waals surface area contributed by atoms with E-state index in [1.54, 1.807) is 12.1 Å². The zero-order chi connectivity index (χ0) is 20.1. The number of ether oxygens (including phenoxy) is 1. The molecule has 1 aliphatic heterocycles. The van der Waals surface area contributed by atoms with Gasteiger partial charge in [0.15, 0.2) is 0 Å². The maximum Gasteiger partial charge on any atom is 0.327 e. The molecule has 0 aliphatic carbocycles. The molecule has 0 saturated carbocycles. The molecule has 2 aromatic carbocycles. The van der Waals surface area contributed by atoms with Crippen LogP contribution in [0.5, 0.6) is 0 Å². The summed E-state index contributed by atoms with van der Waals surface area (Å²) in [7, 11) is 1.39. The number of nitrogens with one attached hydrogen (secondary N) is 1. The Balaban J connectivity index is 1.71. The number of carbonyl (C=O) groups is 2. The van der Waals surface area contributed by atoms with Crippen molar-refractivity contribution in [2.45, 2.75) is 13.0 Å². The third-order valence-corrected chi connectivity index (χ3v) is 4.83. The van der Waals surface area contributed by atoms with E-state index in [1.807, 2.05) is 35.2 Å². The van der Waals surface area contributed by atoms with Crippen molar-refractivity contribution < 1.29 is 18.7 Å². The number of amides is 1. The highest BCUT2D eigenvalue weighted by Gasteiger charge is 2.31. The quantitative estimate of drug-likeness (QED) is 0.802. The van der Waals surface area contributed by atoms with Gasteiger partial charge < -0.3 is 15.0 Å². The molecule has 1 saturated heterocycles. The van der Waals surface area contributed by atoms with Crippen LogP contribution < -0.4 is 10.2 Å². The summed E-state index contributed by atoms with van der Waals surface area (Å²) in [6.07, 6.45) is 0. The molecule has 1 N–H and O–H groups in total. The Morgan fingerprint density at radius 3 is 2.32 bits per heavy atom. The van der Waals surface area contributed by atoms with Crippen LogP contribution in [-0.2, 0) is 14.3 Å². The van der Waals surface area contributed by atoms with E-state index < -0.39 is 6.04 Å². The molecule has 1 atom stereocenters. The summed E-state index contributed by atoms with van der Waals surface area (Å²) in [4.78, 5) is 27.5. The van der Waals surface area contributed by atoms with Gasteiger partial charge in [0, 0.05) is 38.8 Å². The Kier molecular flexibility index (Phi) is 6.26. The molecule has 2 aromatic rings. The van der Waals surface area contributed by atoms with Crippen molar-refractivity contribution in [2.24, 2.45) is 0 Å². The van der Waals surface area contributed by atoms with Crippen molar-refractivity contribution in [1.82, 2.24) is 4.90 Å². The van der Waals surface area contributed by atoms with E-state index in [1.165, 1.54) is 20.1 Å². The molecule has 1 heterocycles. The van der Waals surface area contributed by atoms with Crippen LogP contribution in [0.2, 0.25) is 0 Å². The van der Waals surface area contributed by atoms with E-state index in [0.29, 0.717) is 37.6 Å². The van der Waals surface area contributed by atoms with Crippen molar-refractivity contribution in [1.29, 1.82) is 0 Å². The SMILES string of the molecule is COC(=O)C(c1ccccc1)N1CCN(c2ccc(NC(C)=O)cc2F)CC1. The van der Waals surface area contributed by atoms with Crippen LogP contribution in [0.15, 0.2) is 48.5 Å². The lowest BCUT2D eigenvalue weighted by Gasteiger charge is -2.39. The predicted octanol–water partition coefficient (Wildman–Crippen LogP) is 2.82. The van der Waals surface area contributed by atoms with Crippen LogP contribution in [0.4, 0.5) is 15.8 Å². The van der Waals surface area contributed by atoms with Crippen LogP contribution in [-0.4, -0.2) is 50.1 Å². The summed E-state index contributed by atoms with van der Waals surface area (Å²) in [6, 6.07) is 13.7. The molecular formula is C21H24FN3O3. The summed E-state index contributed by atoms with van der Waals surface area (Å²) >= 11 is 0. The number of benzene rings is 2. The first-order valence-electron chi connectivity index (χ1n) is 9.18. The van der Waals surface area contributed by atoms with Gasteiger partial charge >= 0.3 is 5.97 Å². The number of hydrogen-bond donors (Lipinski definition) is 1. The van der Waals surface area contributed by atoms with Gasteiger partial charge in [-0.15, -0.1) is 0 Å². The number of halogens is 1.